The number of nitrogens with one attached hydrogen (secondary N) is 2. The lowest BCUT2D eigenvalue weighted by atomic mass is 10.2. The lowest BCUT2D eigenvalue weighted by molar-refractivity contribution is -0.122. The number of carbonyl (C=O) groups excluding carboxylic acids is 1. The normalized spacial score (nSPS) is 9.95. The van der Waals surface area contributed by atoms with Crippen LogP contribution < -0.4 is 15.4 Å². The summed E-state index contributed by atoms with van der Waals surface area (Å²) in [5, 5.41) is 6.35. The standard InChI is InChI=1S/C15H19ClN2O3/c1-3-6-18-15(19)11-21-14-5-4-13(16)9-12(14)10-17-7-8-20-2/h1,4-5,9,17H,6-8,10-11H2,2H3,(H,18,19). The van der Waals surface area contributed by atoms with Crippen molar-refractivity contribution >= 4 is 17.5 Å². The Morgan fingerprint density at radius 3 is 3.00 bits per heavy atom. The van der Waals surface area contributed by atoms with Gasteiger partial charge in [0, 0.05) is 30.8 Å². The zero-order valence-electron chi connectivity index (χ0n) is 11.9. The van der Waals surface area contributed by atoms with Gasteiger partial charge in [-0.1, -0.05) is 17.5 Å². The number of hydrogen-bond donors (Lipinski definition) is 2. The summed E-state index contributed by atoms with van der Waals surface area (Å²) in [7, 11) is 1.64. The Labute approximate surface area is 130 Å². The highest BCUT2D eigenvalue weighted by atomic mass is 35.5. The minimum atomic E-state index is -0.263. The molecule has 1 aromatic rings. The first-order valence-electron chi connectivity index (χ1n) is 6.48. The molecule has 0 spiro atoms. The van der Waals surface area contributed by atoms with E-state index in [4.69, 9.17) is 27.5 Å². The lowest BCUT2D eigenvalue weighted by Gasteiger charge is -2.12. The first kappa shape index (κ1) is 17.3. The molecule has 0 heterocycles. The van der Waals surface area contributed by atoms with Crippen molar-refractivity contribution in [2.75, 3.05) is 33.4 Å². The molecule has 0 radical (unpaired) electrons. The highest BCUT2D eigenvalue weighted by Gasteiger charge is 2.07. The molecule has 0 atom stereocenters. The summed E-state index contributed by atoms with van der Waals surface area (Å²) in [6.45, 7) is 2.00. The average molecular weight is 311 g/mol. The van der Waals surface area contributed by atoms with Gasteiger partial charge in [0.15, 0.2) is 6.61 Å². The van der Waals surface area contributed by atoms with E-state index < -0.39 is 0 Å². The molecule has 0 unspecified atom stereocenters. The van der Waals surface area contributed by atoms with Crippen LogP contribution in [0.2, 0.25) is 5.02 Å². The van der Waals surface area contributed by atoms with E-state index in [-0.39, 0.29) is 19.1 Å². The molecular formula is C15H19ClN2O3. The molecule has 114 valence electrons. The molecule has 1 rings (SSSR count). The number of benzene rings is 1. The fourth-order valence-electron chi connectivity index (χ4n) is 1.57. The minimum Gasteiger partial charge on any atom is -0.483 e. The van der Waals surface area contributed by atoms with Crippen LogP contribution in [0, 0.1) is 12.3 Å². The first-order chi connectivity index (χ1) is 10.2. The lowest BCUT2D eigenvalue weighted by Crippen LogP contribution is -2.29. The Morgan fingerprint density at radius 1 is 1.48 bits per heavy atom. The van der Waals surface area contributed by atoms with E-state index in [1.165, 1.54) is 0 Å². The second-order valence-electron chi connectivity index (χ2n) is 4.19. The number of halogens is 1. The minimum absolute atomic E-state index is 0.0889. The van der Waals surface area contributed by atoms with E-state index in [1.54, 1.807) is 25.3 Å². The summed E-state index contributed by atoms with van der Waals surface area (Å²) in [5.74, 6) is 2.68. The third kappa shape index (κ3) is 7.00. The Hall–Kier alpha value is -1.74. The molecule has 0 aliphatic heterocycles. The molecule has 0 fully saturated rings. The molecule has 1 aromatic carbocycles. The summed E-state index contributed by atoms with van der Waals surface area (Å²) in [5.41, 5.74) is 0.878. The molecule has 21 heavy (non-hydrogen) atoms. The highest BCUT2D eigenvalue weighted by Crippen LogP contribution is 2.22. The second kappa shape index (κ2) is 10.1. The SMILES string of the molecule is C#CCNC(=O)COc1ccc(Cl)cc1CNCCOC. The van der Waals surface area contributed by atoms with Crippen molar-refractivity contribution < 1.29 is 14.3 Å². The number of ether oxygens (including phenoxy) is 2. The van der Waals surface area contributed by atoms with Crippen LogP contribution in [-0.4, -0.2) is 39.3 Å². The van der Waals surface area contributed by atoms with Gasteiger partial charge in [0.25, 0.3) is 5.91 Å². The van der Waals surface area contributed by atoms with Gasteiger partial charge in [-0.25, -0.2) is 0 Å². The quantitative estimate of drug-likeness (QED) is 0.531. The Balaban J connectivity index is 2.55. The third-order valence-corrected chi connectivity index (χ3v) is 2.80. The number of terminal acetylenes is 1. The number of hydrogen-bond acceptors (Lipinski definition) is 4. The van der Waals surface area contributed by atoms with Gasteiger partial charge in [-0.05, 0) is 18.2 Å². The molecule has 0 saturated heterocycles. The summed E-state index contributed by atoms with van der Waals surface area (Å²) >= 11 is 5.98. The van der Waals surface area contributed by atoms with Crippen molar-refractivity contribution in [3.8, 4) is 18.1 Å². The van der Waals surface area contributed by atoms with Gasteiger partial charge in [0.2, 0.25) is 0 Å². The average Bonchev–Trinajstić information content (AvgIpc) is 2.48. The maximum absolute atomic E-state index is 11.5. The van der Waals surface area contributed by atoms with E-state index in [0.29, 0.717) is 30.5 Å². The molecule has 0 saturated carbocycles. The van der Waals surface area contributed by atoms with E-state index in [2.05, 4.69) is 16.6 Å². The number of rotatable bonds is 9. The smallest absolute Gasteiger partial charge is 0.258 e. The third-order valence-electron chi connectivity index (χ3n) is 2.57. The largest absolute Gasteiger partial charge is 0.483 e. The van der Waals surface area contributed by atoms with Gasteiger partial charge >= 0.3 is 0 Å². The van der Waals surface area contributed by atoms with Gasteiger partial charge in [0.1, 0.15) is 5.75 Å². The van der Waals surface area contributed by atoms with Crippen LogP contribution in [0.15, 0.2) is 18.2 Å². The molecule has 6 heteroatoms. The van der Waals surface area contributed by atoms with Crippen LogP contribution in [-0.2, 0) is 16.1 Å². The van der Waals surface area contributed by atoms with Gasteiger partial charge in [-0.3, -0.25) is 4.79 Å². The van der Waals surface area contributed by atoms with Gasteiger partial charge < -0.3 is 20.1 Å². The monoisotopic (exact) mass is 310 g/mol. The number of amides is 1. The van der Waals surface area contributed by atoms with Gasteiger partial charge in [-0.2, -0.15) is 0 Å². The fourth-order valence-corrected chi connectivity index (χ4v) is 1.76. The van der Waals surface area contributed by atoms with E-state index in [1.807, 2.05) is 0 Å². The fraction of sp³-hybridized carbons (Fsp3) is 0.400. The first-order valence-corrected chi connectivity index (χ1v) is 6.86. The Kier molecular flexibility index (Phi) is 8.29. The molecule has 0 aliphatic rings. The molecular weight excluding hydrogens is 292 g/mol. The number of carbonyl (C=O) groups is 1. The molecule has 0 aromatic heterocycles. The summed E-state index contributed by atoms with van der Waals surface area (Å²) in [6.07, 6.45) is 5.07. The molecule has 0 bridgehead atoms. The van der Waals surface area contributed by atoms with Crippen molar-refractivity contribution in [2.24, 2.45) is 0 Å². The zero-order chi connectivity index (χ0) is 15.5. The van der Waals surface area contributed by atoms with Crippen molar-refractivity contribution in [3.63, 3.8) is 0 Å². The molecule has 0 aliphatic carbocycles. The van der Waals surface area contributed by atoms with E-state index in [9.17, 15) is 4.79 Å². The molecule has 5 nitrogen and oxygen atoms in total. The summed E-state index contributed by atoms with van der Waals surface area (Å²) < 4.78 is 10.5. The summed E-state index contributed by atoms with van der Waals surface area (Å²) in [4.78, 5) is 11.5. The van der Waals surface area contributed by atoms with Crippen LogP contribution in [0.5, 0.6) is 5.75 Å². The van der Waals surface area contributed by atoms with Crippen LogP contribution in [0.3, 0.4) is 0 Å². The Morgan fingerprint density at radius 2 is 2.29 bits per heavy atom. The highest BCUT2D eigenvalue weighted by molar-refractivity contribution is 6.30. The predicted octanol–water partition coefficient (Wildman–Crippen LogP) is 1.20. The van der Waals surface area contributed by atoms with Gasteiger partial charge in [0.05, 0.1) is 13.2 Å². The summed E-state index contributed by atoms with van der Waals surface area (Å²) in [6, 6.07) is 5.26. The van der Waals surface area contributed by atoms with Crippen molar-refractivity contribution in [2.45, 2.75) is 6.54 Å². The predicted molar refractivity (Wildman–Crippen MR) is 82.4 cm³/mol. The van der Waals surface area contributed by atoms with E-state index >= 15 is 0 Å². The Bertz CT molecular complexity index is 500. The van der Waals surface area contributed by atoms with Crippen molar-refractivity contribution in [1.82, 2.24) is 10.6 Å². The number of methoxy groups -OCH3 is 1. The van der Waals surface area contributed by atoms with Crippen molar-refractivity contribution in [3.05, 3.63) is 28.8 Å². The second-order valence-corrected chi connectivity index (χ2v) is 4.63. The van der Waals surface area contributed by atoms with Crippen LogP contribution in [0.25, 0.3) is 0 Å². The maximum Gasteiger partial charge on any atom is 0.258 e. The van der Waals surface area contributed by atoms with Crippen LogP contribution >= 0.6 is 11.6 Å². The molecule has 2 N–H and O–H groups in total. The maximum atomic E-state index is 11.5. The zero-order valence-corrected chi connectivity index (χ0v) is 12.7. The van der Waals surface area contributed by atoms with Crippen molar-refractivity contribution in [1.29, 1.82) is 0 Å². The topological polar surface area (TPSA) is 59.6 Å². The van der Waals surface area contributed by atoms with E-state index in [0.717, 1.165) is 5.56 Å². The van der Waals surface area contributed by atoms with Crippen LogP contribution in [0.1, 0.15) is 5.56 Å². The van der Waals surface area contributed by atoms with Crippen LogP contribution in [0.4, 0.5) is 0 Å². The molecule has 1 amide bonds. The van der Waals surface area contributed by atoms with Gasteiger partial charge in [-0.15, -0.1) is 6.42 Å².